The first-order chi connectivity index (χ1) is 16.5. The maximum absolute atomic E-state index is 12.6. The molecule has 0 bridgehead atoms. The van der Waals surface area contributed by atoms with Gasteiger partial charge < -0.3 is 25.8 Å². The lowest BCUT2D eigenvalue weighted by Crippen LogP contribution is -2.51. The summed E-state index contributed by atoms with van der Waals surface area (Å²) in [5, 5.41) is 28.0. The summed E-state index contributed by atoms with van der Waals surface area (Å²) in [6.07, 6.45) is -0.312. The number of ether oxygens (including phenoxy) is 1. The molecule has 0 fully saturated rings. The summed E-state index contributed by atoms with van der Waals surface area (Å²) in [6.45, 7) is 0.821. The number of amides is 1. The zero-order chi connectivity index (χ0) is 24.2. The van der Waals surface area contributed by atoms with Crippen LogP contribution in [0.5, 0.6) is 5.75 Å². The number of aliphatic hydroxyl groups excluding tert-OH is 1. The van der Waals surface area contributed by atoms with Crippen LogP contribution < -0.4 is 20.7 Å². The molecule has 7 nitrogen and oxygen atoms in total. The highest BCUT2D eigenvalue weighted by Crippen LogP contribution is 2.12. The molecular weight excluding hydrogens is 428 g/mol. The first-order valence-electron chi connectivity index (χ1n) is 11.3. The van der Waals surface area contributed by atoms with Gasteiger partial charge in [-0.15, -0.1) is 0 Å². The molecule has 2 atom stereocenters. The highest BCUT2D eigenvalue weighted by atomic mass is 16.5. The molecule has 5 N–H and O–H groups in total. The van der Waals surface area contributed by atoms with E-state index >= 15 is 0 Å². The van der Waals surface area contributed by atoms with Crippen molar-refractivity contribution in [2.24, 2.45) is 0 Å². The monoisotopic (exact) mass is 460 g/mol. The van der Waals surface area contributed by atoms with Crippen LogP contribution in [0.15, 0.2) is 84.9 Å². The fourth-order valence-corrected chi connectivity index (χ4v) is 3.57. The first-order valence-corrected chi connectivity index (χ1v) is 11.3. The molecule has 3 rings (SSSR count). The summed E-state index contributed by atoms with van der Waals surface area (Å²) in [7, 11) is 1.63. The van der Waals surface area contributed by atoms with Crippen LogP contribution in [0.4, 0.5) is 0 Å². The average Bonchev–Trinajstić information content (AvgIpc) is 2.88. The van der Waals surface area contributed by atoms with Gasteiger partial charge in [-0.1, -0.05) is 72.8 Å². The van der Waals surface area contributed by atoms with Crippen molar-refractivity contribution in [3.05, 3.63) is 102 Å². The van der Waals surface area contributed by atoms with E-state index in [1.807, 2.05) is 84.9 Å². The second-order valence-corrected chi connectivity index (χ2v) is 8.01. The quantitative estimate of drug-likeness (QED) is 0.211. The van der Waals surface area contributed by atoms with Crippen LogP contribution in [0.3, 0.4) is 0 Å². The molecule has 178 valence electrons. The van der Waals surface area contributed by atoms with Crippen molar-refractivity contribution in [1.29, 1.82) is 5.41 Å². The number of hydrogen-bond acceptors (Lipinski definition) is 5. The topological polar surface area (TPSA) is 106 Å². The van der Waals surface area contributed by atoms with E-state index in [1.54, 1.807) is 7.11 Å². The minimum Gasteiger partial charge on any atom is -0.497 e. The van der Waals surface area contributed by atoms with Gasteiger partial charge in [0.05, 0.1) is 25.8 Å². The third kappa shape index (κ3) is 8.03. The average molecular weight is 461 g/mol. The number of hydrogen-bond donors (Lipinski definition) is 5. The fourth-order valence-electron chi connectivity index (χ4n) is 3.57. The summed E-state index contributed by atoms with van der Waals surface area (Å²) in [4.78, 5) is 12.6. The summed E-state index contributed by atoms with van der Waals surface area (Å²) >= 11 is 0. The molecule has 0 spiro atoms. The lowest BCUT2D eigenvalue weighted by molar-refractivity contribution is -0.121. The van der Waals surface area contributed by atoms with Crippen LogP contribution in [0.2, 0.25) is 0 Å². The van der Waals surface area contributed by atoms with Gasteiger partial charge >= 0.3 is 0 Å². The Morgan fingerprint density at radius 1 is 0.971 bits per heavy atom. The zero-order valence-electron chi connectivity index (χ0n) is 19.3. The lowest BCUT2D eigenvalue weighted by atomic mass is 10.0. The van der Waals surface area contributed by atoms with E-state index in [0.717, 1.165) is 16.9 Å². The van der Waals surface area contributed by atoms with E-state index in [9.17, 15) is 9.90 Å². The maximum Gasteiger partial charge on any atom is 0.239 e. The molecule has 0 aromatic heterocycles. The second kappa shape index (κ2) is 13.1. The number of amidine groups is 1. The van der Waals surface area contributed by atoms with Crippen molar-refractivity contribution in [3.63, 3.8) is 0 Å². The Balaban J connectivity index is 1.56. The summed E-state index contributed by atoms with van der Waals surface area (Å²) in [5.41, 5.74) is 2.77. The summed E-state index contributed by atoms with van der Waals surface area (Å²) in [6, 6.07) is 26.2. The molecule has 0 unspecified atom stereocenters. The number of nitrogens with one attached hydrogen (secondary N) is 4. The Labute approximate surface area is 200 Å². The normalized spacial score (nSPS) is 12.4. The second-order valence-electron chi connectivity index (χ2n) is 8.01. The van der Waals surface area contributed by atoms with Crippen molar-refractivity contribution < 1.29 is 14.6 Å². The molecule has 0 heterocycles. The number of carbonyl (C=O) groups is 1. The summed E-state index contributed by atoms with van der Waals surface area (Å²) in [5.74, 6) is 0.673. The molecule has 0 aliphatic heterocycles. The predicted octanol–water partition coefficient (Wildman–Crippen LogP) is 2.49. The van der Waals surface area contributed by atoms with Crippen LogP contribution in [-0.2, 0) is 17.8 Å². The Morgan fingerprint density at radius 3 is 2.35 bits per heavy atom. The van der Waals surface area contributed by atoms with Crippen molar-refractivity contribution in [3.8, 4) is 5.75 Å². The Morgan fingerprint density at radius 2 is 1.65 bits per heavy atom. The van der Waals surface area contributed by atoms with Gasteiger partial charge in [0.1, 0.15) is 11.6 Å². The van der Waals surface area contributed by atoms with E-state index in [2.05, 4.69) is 16.0 Å². The van der Waals surface area contributed by atoms with Crippen LogP contribution in [0.1, 0.15) is 16.7 Å². The van der Waals surface area contributed by atoms with Crippen LogP contribution >= 0.6 is 0 Å². The van der Waals surface area contributed by atoms with E-state index in [-0.39, 0.29) is 18.3 Å². The molecule has 0 saturated heterocycles. The molecule has 7 heteroatoms. The van der Waals surface area contributed by atoms with Crippen molar-refractivity contribution in [2.75, 3.05) is 20.2 Å². The van der Waals surface area contributed by atoms with Crippen molar-refractivity contribution in [2.45, 2.75) is 25.1 Å². The molecule has 0 saturated carbocycles. The van der Waals surface area contributed by atoms with Crippen LogP contribution in [0.25, 0.3) is 0 Å². The van der Waals surface area contributed by atoms with Gasteiger partial charge in [0.2, 0.25) is 5.91 Å². The van der Waals surface area contributed by atoms with Crippen LogP contribution in [0, 0.1) is 5.41 Å². The minimum atomic E-state index is -0.802. The van der Waals surface area contributed by atoms with Gasteiger partial charge in [0, 0.05) is 18.7 Å². The number of benzene rings is 3. The molecule has 34 heavy (non-hydrogen) atoms. The molecule has 1 amide bonds. The van der Waals surface area contributed by atoms with Gasteiger partial charge in [0.15, 0.2) is 0 Å². The van der Waals surface area contributed by atoms with Gasteiger partial charge in [-0.3, -0.25) is 10.2 Å². The van der Waals surface area contributed by atoms with E-state index < -0.39 is 12.1 Å². The zero-order valence-corrected chi connectivity index (χ0v) is 19.3. The molecule has 0 aliphatic rings. The Hall–Kier alpha value is -3.68. The SMILES string of the molecule is COc1cccc(CNC[C@@H](O)[C@H](Cc2ccccc2)NC(=O)CNC(=N)c2ccccc2)c1. The first kappa shape index (κ1) is 25.0. The molecule has 0 aliphatic carbocycles. The minimum absolute atomic E-state index is 0.0526. The van der Waals surface area contributed by atoms with E-state index in [0.29, 0.717) is 25.1 Å². The number of carbonyl (C=O) groups excluding carboxylic acids is 1. The Bertz CT molecular complexity index is 1040. The smallest absolute Gasteiger partial charge is 0.239 e. The molecular formula is C27H32N4O3. The van der Waals surface area contributed by atoms with Crippen molar-refractivity contribution >= 4 is 11.7 Å². The highest BCUT2D eigenvalue weighted by Gasteiger charge is 2.22. The number of rotatable bonds is 12. The van der Waals surface area contributed by atoms with Gasteiger partial charge in [-0.2, -0.15) is 0 Å². The van der Waals surface area contributed by atoms with Crippen LogP contribution in [-0.4, -0.2) is 49.2 Å². The third-order valence-electron chi connectivity index (χ3n) is 5.41. The summed E-state index contributed by atoms with van der Waals surface area (Å²) < 4.78 is 5.25. The molecule has 3 aromatic rings. The molecule has 3 aromatic carbocycles. The maximum atomic E-state index is 12.6. The standard InChI is InChI=1S/C27H32N4O3/c1-34-23-14-8-11-21(15-23)17-29-18-25(32)24(16-20-9-4-2-5-10-20)31-26(33)19-30-27(28)22-12-6-3-7-13-22/h2-15,24-25,29,32H,16-19H2,1H3,(H2,28,30)(H,31,33)/t24-,25+/m0/s1. The van der Waals surface area contributed by atoms with E-state index in [1.165, 1.54) is 0 Å². The highest BCUT2D eigenvalue weighted by molar-refractivity contribution is 5.98. The van der Waals surface area contributed by atoms with Gasteiger partial charge in [-0.25, -0.2) is 0 Å². The Kier molecular flexibility index (Phi) is 9.64. The number of aliphatic hydroxyl groups is 1. The number of methoxy groups -OCH3 is 1. The van der Waals surface area contributed by atoms with Crippen molar-refractivity contribution in [1.82, 2.24) is 16.0 Å². The van der Waals surface area contributed by atoms with E-state index in [4.69, 9.17) is 10.1 Å². The third-order valence-corrected chi connectivity index (χ3v) is 5.41. The van der Waals surface area contributed by atoms with Gasteiger partial charge in [0.25, 0.3) is 0 Å². The molecule has 0 radical (unpaired) electrons. The lowest BCUT2D eigenvalue weighted by Gasteiger charge is -2.25. The predicted molar refractivity (Wildman–Crippen MR) is 134 cm³/mol. The van der Waals surface area contributed by atoms with Gasteiger partial charge in [-0.05, 0) is 29.7 Å². The fraction of sp³-hybridized carbons (Fsp3) is 0.259. The largest absolute Gasteiger partial charge is 0.497 e.